The monoisotopic (exact) mass is 284 g/mol. The largest absolute Gasteiger partial charge is 0.383 e. The zero-order valence-electron chi connectivity index (χ0n) is 14.3. The van der Waals surface area contributed by atoms with Crippen LogP contribution in [-0.2, 0) is 4.74 Å². The van der Waals surface area contributed by atoms with Crippen LogP contribution in [0.2, 0.25) is 0 Å². The number of methoxy groups -OCH3 is 1. The maximum absolute atomic E-state index is 6.40. The Bertz CT molecular complexity index is 264. The Hall–Kier alpha value is -0.120. The highest BCUT2D eigenvalue weighted by atomic mass is 16.5. The molecule has 2 atom stereocenters. The molecule has 120 valence electrons. The van der Waals surface area contributed by atoms with Crippen molar-refractivity contribution in [2.45, 2.75) is 71.9 Å². The van der Waals surface area contributed by atoms with Gasteiger partial charge in [0.05, 0.1) is 6.61 Å². The lowest BCUT2D eigenvalue weighted by Crippen LogP contribution is -2.48. The molecular weight excluding hydrogens is 248 g/mol. The van der Waals surface area contributed by atoms with Gasteiger partial charge in [0.25, 0.3) is 0 Å². The van der Waals surface area contributed by atoms with Crippen LogP contribution in [0.25, 0.3) is 0 Å². The van der Waals surface area contributed by atoms with E-state index in [2.05, 4.69) is 32.6 Å². The van der Waals surface area contributed by atoms with Crippen molar-refractivity contribution in [3.8, 4) is 0 Å². The highest BCUT2D eigenvalue weighted by Crippen LogP contribution is 2.38. The number of hydrogen-bond donors (Lipinski definition) is 1. The van der Waals surface area contributed by atoms with Crippen LogP contribution in [0.4, 0.5) is 0 Å². The highest BCUT2D eigenvalue weighted by Gasteiger charge is 2.34. The molecule has 0 saturated heterocycles. The molecule has 0 amide bonds. The van der Waals surface area contributed by atoms with Crippen molar-refractivity contribution in [1.29, 1.82) is 0 Å². The van der Waals surface area contributed by atoms with Crippen molar-refractivity contribution in [3.05, 3.63) is 0 Å². The summed E-state index contributed by atoms with van der Waals surface area (Å²) in [6.45, 7) is 12.4. The first-order valence-corrected chi connectivity index (χ1v) is 8.42. The van der Waals surface area contributed by atoms with Gasteiger partial charge in [0, 0.05) is 32.3 Å². The quantitative estimate of drug-likeness (QED) is 0.743. The van der Waals surface area contributed by atoms with E-state index in [9.17, 15) is 0 Å². The van der Waals surface area contributed by atoms with Crippen LogP contribution in [-0.4, -0.2) is 43.8 Å². The Balaban J connectivity index is 2.66. The van der Waals surface area contributed by atoms with Gasteiger partial charge in [-0.05, 0) is 43.4 Å². The number of nitrogens with zero attached hydrogens (tertiary/aromatic N) is 1. The van der Waals surface area contributed by atoms with Crippen LogP contribution in [0.3, 0.4) is 0 Å². The lowest BCUT2D eigenvalue weighted by molar-refractivity contribution is 0.0675. The smallest absolute Gasteiger partial charge is 0.0589 e. The van der Waals surface area contributed by atoms with Gasteiger partial charge in [0.1, 0.15) is 0 Å². The highest BCUT2D eigenvalue weighted by molar-refractivity contribution is 4.89. The fourth-order valence-corrected chi connectivity index (χ4v) is 3.69. The molecule has 0 aromatic carbocycles. The SMILES string of the molecule is CCC(CC)N(CCOC)CC1CC(C)(C)CCC1N. The summed E-state index contributed by atoms with van der Waals surface area (Å²) in [5.74, 6) is 0.635. The van der Waals surface area contributed by atoms with Gasteiger partial charge in [0.2, 0.25) is 0 Å². The molecule has 0 bridgehead atoms. The van der Waals surface area contributed by atoms with Crippen molar-refractivity contribution in [2.24, 2.45) is 17.1 Å². The van der Waals surface area contributed by atoms with Gasteiger partial charge in [-0.15, -0.1) is 0 Å². The third kappa shape index (κ3) is 5.34. The minimum atomic E-state index is 0.377. The minimum absolute atomic E-state index is 0.377. The van der Waals surface area contributed by atoms with E-state index in [-0.39, 0.29) is 0 Å². The number of ether oxygens (including phenoxy) is 1. The minimum Gasteiger partial charge on any atom is -0.383 e. The first-order valence-electron chi connectivity index (χ1n) is 8.42. The Labute approximate surface area is 126 Å². The molecular formula is C17H36N2O. The van der Waals surface area contributed by atoms with Gasteiger partial charge in [-0.1, -0.05) is 27.7 Å². The molecule has 1 aliphatic rings. The predicted octanol–water partition coefficient (Wildman–Crippen LogP) is 3.28. The van der Waals surface area contributed by atoms with E-state index >= 15 is 0 Å². The van der Waals surface area contributed by atoms with E-state index in [1.807, 2.05) is 0 Å². The average Bonchev–Trinajstić information content (AvgIpc) is 2.41. The van der Waals surface area contributed by atoms with E-state index in [0.717, 1.165) is 19.7 Å². The summed E-state index contributed by atoms with van der Waals surface area (Å²) >= 11 is 0. The van der Waals surface area contributed by atoms with E-state index in [1.165, 1.54) is 32.1 Å². The normalized spacial score (nSPS) is 26.4. The molecule has 0 aromatic heterocycles. The van der Waals surface area contributed by atoms with Crippen molar-refractivity contribution < 1.29 is 4.74 Å². The number of hydrogen-bond acceptors (Lipinski definition) is 3. The first-order chi connectivity index (χ1) is 9.43. The number of nitrogens with two attached hydrogens (primary N) is 1. The molecule has 20 heavy (non-hydrogen) atoms. The fraction of sp³-hybridized carbons (Fsp3) is 1.00. The van der Waals surface area contributed by atoms with E-state index < -0.39 is 0 Å². The summed E-state index contributed by atoms with van der Waals surface area (Å²) < 4.78 is 5.30. The van der Waals surface area contributed by atoms with Crippen LogP contribution >= 0.6 is 0 Å². The second-order valence-corrected chi connectivity index (χ2v) is 7.29. The number of rotatable bonds is 8. The van der Waals surface area contributed by atoms with E-state index in [1.54, 1.807) is 7.11 Å². The summed E-state index contributed by atoms with van der Waals surface area (Å²) in [5, 5.41) is 0. The Morgan fingerprint density at radius 1 is 1.30 bits per heavy atom. The van der Waals surface area contributed by atoms with Crippen LogP contribution in [0.1, 0.15) is 59.8 Å². The first kappa shape index (κ1) is 17.9. The standard InChI is InChI=1S/C17H36N2O/c1-6-15(7-2)19(10-11-20-5)13-14-12-17(3,4)9-8-16(14)18/h14-16H,6-13,18H2,1-5H3. The van der Waals surface area contributed by atoms with Crippen molar-refractivity contribution in [1.82, 2.24) is 4.90 Å². The fourth-order valence-electron chi connectivity index (χ4n) is 3.69. The van der Waals surface area contributed by atoms with Gasteiger partial charge in [-0.2, -0.15) is 0 Å². The van der Waals surface area contributed by atoms with Crippen LogP contribution in [0, 0.1) is 11.3 Å². The van der Waals surface area contributed by atoms with Crippen LogP contribution in [0.15, 0.2) is 0 Å². The van der Waals surface area contributed by atoms with Gasteiger partial charge < -0.3 is 10.5 Å². The second kappa shape index (κ2) is 8.35. The van der Waals surface area contributed by atoms with Crippen molar-refractivity contribution >= 4 is 0 Å². The Kier molecular flexibility index (Phi) is 7.49. The molecule has 1 saturated carbocycles. The van der Waals surface area contributed by atoms with E-state index in [0.29, 0.717) is 23.4 Å². The Morgan fingerprint density at radius 3 is 2.50 bits per heavy atom. The van der Waals surface area contributed by atoms with Crippen molar-refractivity contribution in [2.75, 3.05) is 26.8 Å². The predicted molar refractivity (Wildman–Crippen MR) is 86.9 cm³/mol. The topological polar surface area (TPSA) is 38.5 Å². The molecule has 3 heteroatoms. The third-order valence-electron chi connectivity index (χ3n) is 5.09. The molecule has 1 rings (SSSR count). The molecule has 0 spiro atoms. The molecule has 2 unspecified atom stereocenters. The zero-order chi connectivity index (χ0) is 15.2. The van der Waals surface area contributed by atoms with Gasteiger partial charge in [-0.25, -0.2) is 0 Å². The Morgan fingerprint density at radius 2 is 1.95 bits per heavy atom. The molecule has 2 N–H and O–H groups in total. The van der Waals surface area contributed by atoms with Crippen LogP contribution in [0.5, 0.6) is 0 Å². The zero-order valence-corrected chi connectivity index (χ0v) is 14.3. The molecule has 1 fully saturated rings. The molecule has 0 radical (unpaired) electrons. The average molecular weight is 284 g/mol. The molecule has 3 nitrogen and oxygen atoms in total. The van der Waals surface area contributed by atoms with Gasteiger partial charge >= 0.3 is 0 Å². The van der Waals surface area contributed by atoms with Gasteiger partial charge in [-0.3, -0.25) is 4.90 Å². The lowest BCUT2D eigenvalue weighted by atomic mass is 9.70. The summed E-state index contributed by atoms with van der Waals surface area (Å²) in [7, 11) is 1.79. The lowest BCUT2D eigenvalue weighted by Gasteiger charge is -2.43. The molecule has 0 aliphatic heterocycles. The third-order valence-corrected chi connectivity index (χ3v) is 5.09. The van der Waals surface area contributed by atoms with Gasteiger partial charge in [0.15, 0.2) is 0 Å². The van der Waals surface area contributed by atoms with Crippen molar-refractivity contribution in [3.63, 3.8) is 0 Å². The summed E-state index contributed by atoms with van der Waals surface area (Å²) in [6, 6.07) is 1.05. The summed E-state index contributed by atoms with van der Waals surface area (Å²) in [5.41, 5.74) is 6.86. The molecule has 1 aliphatic carbocycles. The summed E-state index contributed by atoms with van der Waals surface area (Å²) in [4.78, 5) is 2.62. The molecule has 0 heterocycles. The van der Waals surface area contributed by atoms with E-state index in [4.69, 9.17) is 10.5 Å². The molecule has 0 aromatic rings. The maximum Gasteiger partial charge on any atom is 0.0589 e. The maximum atomic E-state index is 6.40. The van der Waals surface area contributed by atoms with Crippen LogP contribution < -0.4 is 5.73 Å². The second-order valence-electron chi connectivity index (χ2n) is 7.29. The summed E-state index contributed by atoms with van der Waals surface area (Å²) in [6.07, 6.45) is 6.14.